The number of fused-ring (bicyclic) bond motifs is 1. The van der Waals surface area contributed by atoms with Crippen molar-refractivity contribution in [2.24, 2.45) is 11.3 Å². The monoisotopic (exact) mass is 279 g/mol. The highest BCUT2D eigenvalue weighted by molar-refractivity contribution is 5.90. The van der Waals surface area contributed by atoms with Gasteiger partial charge in [-0.25, -0.2) is 0 Å². The van der Waals surface area contributed by atoms with Crippen LogP contribution in [0.15, 0.2) is 0 Å². The van der Waals surface area contributed by atoms with E-state index >= 15 is 0 Å². The van der Waals surface area contributed by atoms with Gasteiger partial charge in [0.1, 0.15) is 6.04 Å². The molecule has 0 radical (unpaired) electrons. The first-order chi connectivity index (χ1) is 9.72. The van der Waals surface area contributed by atoms with Crippen LogP contribution >= 0.6 is 0 Å². The predicted octanol–water partition coefficient (Wildman–Crippen LogP) is 0.551. The van der Waals surface area contributed by atoms with E-state index in [4.69, 9.17) is 0 Å². The second kappa shape index (κ2) is 5.72. The number of hydrogen-bond donors (Lipinski definition) is 3. The van der Waals surface area contributed by atoms with Crippen LogP contribution in [0.1, 0.15) is 44.9 Å². The molecule has 112 valence electrons. The Morgan fingerprint density at radius 3 is 2.95 bits per heavy atom. The molecule has 3 aliphatic rings. The normalized spacial score (nSPS) is 37.7. The lowest BCUT2D eigenvalue weighted by molar-refractivity contribution is -0.137. The van der Waals surface area contributed by atoms with Gasteiger partial charge in [0, 0.05) is 13.1 Å². The molecule has 3 atom stereocenters. The smallest absolute Gasteiger partial charge is 0.242 e. The lowest BCUT2D eigenvalue weighted by Crippen LogP contribution is -2.54. The Morgan fingerprint density at radius 2 is 2.05 bits per heavy atom. The van der Waals surface area contributed by atoms with Gasteiger partial charge in [-0.15, -0.1) is 0 Å². The molecule has 1 saturated carbocycles. The van der Waals surface area contributed by atoms with Crippen molar-refractivity contribution in [2.45, 2.75) is 51.0 Å². The molecule has 3 N–H and O–H groups in total. The van der Waals surface area contributed by atoms with Crippen LogP contribution < -0.4 is 16.0 Å². The Labute approximate surface area is 120 Å². The molecule has 0 spiro atoms. The molecule has 2 saturated heterocycles. The summed E-state index contributed by atoms with van der Waals surface area (Å²) >= 11 is 0. The molecule has 2 amide bonds. The third-order valence-electron chi connectivity index (χ3n) is 5.33. The van der Waals surface area contributed by atoms with Crippen molar-refractivity contribution >= 4 is 11.8 Å². The van der Waals surface area contributed by atoms with Crippen molar-refractivity contribution in [3.05, 3.63) is 0 Å². The molecule has 0 aromatic heterocycles. The van der Waals surface area contributed by atoms with Gasteiger partial charge in [-0.2, -0.15) is 0 Å². The fourth-order valence-corrected chi connectivity index (χ4v) is 4.07. The molecule has 3 fully saturated rings. The first-order valence-corrected chi connectivity index (χ1v) is 8.02. The zero-order valence-electron chi connectivity index (χ0n) is 12.0. The highest BCUT2D eigenvalue weighted by Gasteiger charge is 2.50. The molecule has 5 heteroatoms. The number of nitrogens with one attached hydrogen (secondary N) is 3. The summed E-state index contributed by atoms with van der Waals surface area (Å²) in [4.78, 5) is 24.8. The van der Waals surface area contributed by atoms with E-state index in [2.05, 4.69) is 16.0 Å². The fraction of sp³-hybridized carbons (Fsp3) is 0.867. The molecular weight excluding hydrogens is 254 g/mol. The van der Waals surface area contributed by atoms with Crippen LogP contribution in [0.25, 0.3) is 0 Å². The predicted molar refractivity (Wildman–Crippen MR) is 76.1 cm³/mol. The Balaban J connectivity index is 1.69. The van der Waals surface area contributed by atoms with Gasteiger partial charge < -0.3 is 16.0 Å². The van der Waals surface area contributed by atoms with Crippen molar-refractivity contribution in [1.82, 2.24) is 16.0 Å². The number of carbonyl (C=O) groups excluding carboxylic acids is 2. The second-order valence-corrected chi connectivity index (χ2v) is 6.54. The maximum Gasteiger partial charge on any atom is 0.242 e. The number of amides is 2. The van der Waals surface area contributed by atoms with E-state index in [1.165, 1.54) is 6.42 Å². The molecule has 2 heterocycles. The lowest BCUT2D eigenvalue weighted by Gasteiger charge is -2.38. The number of hydrogen-bond acceptors (Lipinski definition) is 3. The van der Waals surface area contributed by atoms with Gasteiger partial charge in [0.05, 0.1) is 5.41 Å². The quantitative estimate of drug-likeness (QED) is 0.691. The summed E-state index contributed by atoms with van der Waals surface area (Å²) in [5.74, 6) is 0.546. The van der Waals surface area contributed by atoms with E-state index in [-0.39, 0.29) is 23.3 Å². The third-order valence-corrected chi connectivity index (χ3v) is 5.33. The molecule has 0 aromatic carbocycles. The summed E-state index contributed by atoms with van der Waals surface area (Å²) in [6.07, 6.45) is 7.23. The molecular formula is C15H25N3O2. The van der Waals surface area contributed by atoms with Crippen LogP contribution in [0.2, 0.25) is 0 Å². The third kappa shape index (κ3) is 2.43. The Bertz CT molecular complexity index is 399. The minimum absolute atomic E-state index is 0.00874. The van der Waals surface area contributed by atoms with Crippen molar-refractivity contribution in [3.63, 3.8) is 0 Å². The SMILES string of the molecule is O=C1NCCCCC1NC(=O)[C@@]12CCCC[C@H]1CNC2. The van der Waals surface area contributed by atoms with E-state index in [0.29, 0.717) is 5.92 Å². The highest BCUT2D eigenvalue weighted by atomic mass is 16.2. The van der Waals surface area contributed by atoms with Gasteiger partial charge in [-0.1, -0.05) is 12.8 Å². The summed E-state index contributed by atoms with van der Waals surface area (Å²) in [7, 11) is 0. The van der Waals surface area contributed by atoms with Crippen LogP contribution in [0, 0.1) is 11.3 Å². The zero-order valence-corrected chi connectivity index (χ0v) is 12.0. The van der Waals surface area contributed by atoms with Crippen LogP contribution in [-0.4, -0.2) is 37.5 Å². The average Bonchev–Trinajstić information content (AvgIpc) is 2.80. The van der Waals surface area contributed by atoms with E-state index in [1.807, 2.05) is 0 Å². The number of rotatable bonds is 2. The lowest BCUT2D eigenvalue weighted by atomic mass is 9.67. The summed E-state index contributed by atoms with van der Waals surface area (Å²) in [6, 6.07) is -0.331. The van der Waals surface area contributed by atoms with Crippen LogP contribution in [0.5, 0.6) is 0 Å². The maximum absolute atomic E-state index is 12.8. The van der Waals surface area contributed by atoms with E-state index in [0.717, 1.165) is 58.2 Å². The zero-order chi connectivity index (χ0) is 14.0. The molecule has 1 aliphatic carbocycles. The van der Waals surface area contributed by atoms with E-state index in [1.54, 1.807) is 0 Å². The van der Waals surface area contributed by atoms with Crippen LogP contribution in [0.3, 0.4) is 0 Å². The summed E-state index contributed by atoms with van der Waals surface area (Å²) in [5, 5.41) is 9.33. The Morgan fingerprint density at radius 1 is 1.20 bits per heavy atom. The summed E-state index contributed by atoms with van der Waals surface area (Å²) in [5.41, 5.74) is -0.259. The second-order valence-electron chi connectivity index (χ2n) is 6.54. The van der Waals surface area contributed by atoms with Gasteiger partial charge in [-0.3, -0.25) is 9.59 Å². The van der Waals surface area contributed by atoms with Crippen LogP contribution in [-0.2, 0) is 9.59 Å². The van der Waals surface area contributed by atoms with E-state index in [9.17, 15) is 9.59 Å². The van der Waals surface area contributed by atoms with Gasteiger partial charge in [0.15, 0.2) is 0 Å². The van der Waals surface area contributed by atoms with Gasteiger partial charge in [0.2, 0.25) is 11.8 Å². The van der Waals surface area contributed by atoms with Gasteiger partial charge in [-0.05, 0) is 44.6 Å². The summed E-state index contributed by atoms with van der Waals surface area (Å²) in [6.45, 7) is 2.46. The Kier molecular flexibility index (Phi) is 3.96. The number of carbonyl (C=O) groups is 2. The van der Waals surface area contributed by atoms with Crippen molar-refractivity contribution in [3.8, 4) is 0 Å². The topological polar surface area (TPSA) is 70.2 Å². The minimum Gasteiger partial charge on any atom is -0.354 e. The highest BCUT2D eigenvalue weighted by Crippen LogP contribution is 2.44. The first kappa shape index (κ1) is 13.9. The van der Waals surface area contributed by atoms with Gasteiger partial charge >= 0.3 is 0 Å². The van der Waals surface area contributed by atoms with Gasteiger partial charge in [0.25, 0.3) is 0 Å². The van der Waals surface area contributed by atoms with E-state index < -0.39 is 0 Å². The standard InChI is InChI=1S/C15H25N3O2/c19-13-12(6-2-4-8-17-13)18-14(20)15-7-3-1-5-11(15)9-16-10-15/h11-12,16H,1-10H2,(H,17,19)(H,18,20)/t11-,12?,15+/m0/s1. The first-order valence-electron chi connectivity index (χ1n) is 8.02. The molecule has 2 aliphatic heterocycles. The largest absolute Gasteiger partial charge is 0.354 e. The maximum atomic E-state index is 12.8. The molecule has 5 nitrogen and oxygen atoms in total. The average molecular weight is 279 g/mol. The molecule has 3 rings (SSSR count). The fourth-order valence-electron chi connectivity index (χ4n) is 4.07. The van der Waals surface area contributed by atoms with Crippen molar-refractivity contribution in [2.75, 3.05) is 19.6 Å². The molecule has 1 unspecified atom stereocenters. The Hall–Kier alpha value is -1.10. The van der Waals surface area contributed by atoms with Crippen LogP contribution in [0.4, 0.5) is 0 Å². The molecule has 0 bridgehead atoms. The van der Waals surface area contributed by atoms with Crippen molar-refractivity contribution < 1.29 is 9.59 Å². The van der Waals surface area contributed by atoms with Crippen molar-refractivity contribution in [1.29, 1.82) is 0 Å². The summed E-state index contributed by atoms with van der Waals surface area (Å²) < 4.78 is 0. The minimum atomic E-state index is -0.331. The molecule has 0 aromatic rings. The molecule has 20 heavy (non-hydrogen) atoms.